The number of likely N-dealkylation sites (tertiary alicyclic amines) is 1. The third-order valence-electron chi connectivity index (χ3n) is 6.01. The van der Waals surface area contributed by atoms with Crippen LogP contribution in [0.25, 0.3) is 0 Å². The van der Waals surface area contributed by atoms with Gasteiger partial charge in [0.05, 0.1) is 18.3 Å². The van der Waals surface area contributed by atoms with Crippen LogP contribution in [0.1, 0.15) is 84.8 Å². The van der Waals surface area contributed by atoms with Crippen LogP contribution >= 0.6 is 0 Å². The number of carbonyl (C=O) groups is 1. The molecule has 0 saturated carbocycles. The van der Waals surface area contributed by atoms with E-state index in [4.69, 9.17) is 4.42 Å². The molecular formula is C21H30N4O2. The third kappa shape index (κ3) is 4.10. The molecule has 146 valence electrons. The quantitative estimate of drug-likeness (QED) is 0.786. The SMILES string of the molecule is CC(c1ccc(C(=O)NCc2n[nH]c3c2CCCCC3)o1)N1CCCCC1. The number of furan rings is 1. The first-order valence-electron chi connectivity index (χ1n) is 10.4. The van der Waals surface area contributed by atoms with Gasteiger partial charge in [-0.15, -0.1) is 0 Å². The fraction of sp³-hybridized carbons (Fsp3) is 0.619. The molecule has 1 atom stereocenters. The topological polar surface area (TPSA) is 74.2 Å². The lowest BCUT2D eigenvalue weighted by Gasteiger charge is -2.31. The maximum Gasteiger partial charge on any atom is 0.287 e. The molecule has 0 aromatic carbocycles. The van der Waals surface area contributed by atoms with Gasteiger partial charge in [0, 0.05) is 5.69 Å². The first kappa shape index (κ1) is 18.3. The maximum atomic E-state index is 12.5. The summed E-state index contributed by atoms with van der Waals surface area (Å²) in [6.45, 7) is 4.81. The number of hydrogen-bond donors (Lipinski definition) is 2. The summed E-state index contributed by atoms with van der Waals surface area (Å²) in [5.41, 5.74) is 3.51. The normalized spacial score (nSPS) is 19.3. The highest BCUT2D eigenvalue weighted by atomic mass is 16.4. The van der Waals surface area contributed by atoms with Crippen molar-refractivity contribution in [2.75, 3.05) is 13.1 Å². The van der Waals surface area contributed by atoms with E-state index in [9.17, 15) is 4.79 Å². The van der Waals surface area contributed by atoms with Crippen LogP contribution in [-0.2, 0) is 19.4 Å². The van der Waals surface area contributed by atoms with Crippen LogP contribution in [0.2, 0.25) is 0 Å². The number of aromatic nitrogens is 2. The number of rotatable bonds is 5. The first-order chi connectivity index (χ1) is 13.2. The molecule has 6 heteroatoms. The van der Waals surface area contributed by atoms with Crippen LogP contribution in [0.5, 0.6) is 0 Å². The van der Waals surface area contributed by atoms with Gasteiger partial charge in [-0.3, -0.25) is 14.8 Å². The molecule has 2 aromatic heterocycles. The first-order valence-corrected chi connectivity index (χ1v) is 10.4. The smallest absolute Gasteiger partial charge is 0.287 e. The Kier molecular flexibility index (Phi) is 5.62. The van der Waals surface area contributed by atoms with Crippen molar-refractivity contribution in [1.29, 1.82) is 0 Å². The molecule has 3 heterocycles. The van der Waals surface area contributed by atoms with E-state index in [2.05, 4.69) is 27.3 Å². The van der Waals surface area contributed by atoms with Gasteiger partial charge in [-0.2, -0.15) is 5.10 Å². The molecule has 1 amide bonds. The van der Waals surface area contributed by atoms with Crippen LogP contribution in [0.15, 0.2) is 16.5 Å². The van der Waals surface area contributed by atoms with Crippen LogP contribution < -0.4 is 5.32 Å². The fourth-order valence-electron chi connectivity index (χ4n) is 4.31. The average Bonchev–Trinajstić information content (AvgIpc) is 3.28. The molecule has 4 rings (SSSR count). The molecule has 1 saturated heterocycles. The van der Waals surface area contributed by atoms with E-state index in [1.54, 1.807) is 6.07 Å². The summed E-state index contributed by atoms with van der Waals surface area (Å²) in [7, 11) is 0. The minimum absolute atomic E-state index is 0.169. The predicted octanol–water partition coefficient (Wildman–Crippen LogP) is 3.75. The number of nitrogens with zero attached hydrogens (tertiary/aromatic N) is 2. The number of amides is 1. The number of carbonyl (C=O) groups excluding carboxylic acids is 1. The van der Waals surface area contributed by atoms with Gasteiger partial charge in [-0.25, -0.2) is 0 Å². The minimum atomic E-state index is -0.169. The van der Waals surface area contributed by atoms with Gasteiger partial charge in [0.1, 0.15) is 5.76 Å². The standard InChI is InChI=1S/C21H30N4O2/c1-15(25-12-6-3-7-13-25)19-10-11-20(27-19)21(26)22-14-18-16-8-4-2-5-9-17(16)23-24-18/h10-11,15H,2-9,12-14H2,1H3,(H,22,26)(H,23,24). The van der Waals surface area contributed by atoms with Crippen molar-refractivity contribution < 1.29 is 9.21 Å². The zero-order valence-electron chi connectivity index (χ0n) is 16.2. The molecule has 0 bridgehead atoms. The molecule has 0 radical (unpaired) electrons. The minimum Gasteiger partial charge on any atom is -0.454 e. The van der Waals surface area contributed by atoms with E-state index >= 15 is 0 Å². The summed E-state index contributed by atoms with van der Waals surface area (Å²) in [5.74, 6) is 1.09. The second-order valence-corrected chi connectivity index (χ2v) is 7.85. The largest absolute Gasteiger partial charge is 0.454 e. The lowest BCUT2D eigenvalue weighted by atomic mass is 10.1. The second-order valence-electron chi connectivity index (χ2n) is 7.85. The highest BCUT2D eigenvalue weighted by Gasteiger charge is 2.22. The summed E-state index contributed by atoms with van der Waals surface area (Å²) in [4.78, 5) is 15.0. The van der Waals surface area contributed by atoms with Gasteiger partial charge in [-0.1, -0.05) is 12.8 Å². The van der Waals surface area contributed by atoms with Gasteiger partial charge >= 0.3 is 0 Å². The van der Waals surface area contributed by atoms with Crippen molar-refractivity contribution in [1.82, 2.24) is 20.4 Å². The number of piperidine rings is 1. The summed E-state index contributed by atoms with van der Waals surface area (Å²) in [6, 6.07) is 3.94. The zero-order valence-corrected chi connectivity index (χ0v) is 16.2. The molecule has 1 unspecified atom stereocenters. The second kappa shape index (κ2) is 8.30. The molecule has 2 N–H and O–H groups in total. The van der Waals surface area contributed by atoms with Crippen LogP contribution in [-0.4, -0.2) is 34.1 Å². The lowest BCUT2D eigenvalue weighted by Crippen LogP contribution is -2.32. The molecule has 0 spiro atoms. The Morgan fingerprint density at radius 1 is 1.19 bits per heavy atom. The number of aromatic amines is 1. The van der Waals surface area contributed by atoms with E-state index in [0.29, 0.717) is 12.3 Å². The van der Waals surface area contributed by atoms with E-state index in [0.717, 1.165) is 37.4 Å². The maximum absolute atomic E-state index is 12.5. The molecular weight excluding hydrogens is 340 g/mol. The van der Waals surface area contributed by atoms with Crippen molar-refractivity contribution in [2.24, 2.45) is 0 Å². The van der Waals surface area contributed by atoms with E-state index in [1.807, 2.05) is 6.07 Å². The van der Waals surface area contributed by atoms with Crippen molar-refractivity contribution in [3.8, 4) is 0 Å². The van der Waals surface area contributed by atoms with E-state index < -0.39 is 0 Å². The third-order valence-corrected chi connectivity index (χ3v) is 6.01. The van der Waals surface area contributed by atoms with Gasteiger partial charge in [-0.05, 0) is 76.2 Å². The zero-order chi connectivity index (χ0) is 18.6. The van der Waals surface area contributed by atoms with Gasteiger partial charge < -0.3 is 9.73 Å². The van der Waals surface area contributed by atoms with E-state index in [1.165, 1.54) is 49.8 Å². The Balaban J connectivity index is 1.36. The lowest BCUT2D eigenvalue weighted by molar-refractivity contribution is 0.0913. The van der Waals surface area contributed by atoms with Crippen molar-refractivity contribution >= 4 is 5.91 Å². The molecule has 2 aliphatic rings. The van der Waals surface area contributed by atoms with Crippen LogP contribution in [0.3, 0.4) is 0 Å². The summed E-state index contributed by atoms with van der Waals surface area (Å²) in [6.07, 6.45) is 9.58. The number of hydrogen-bond acceptors (Lipinski definition) is 4. The summed E-state index contributed by atoms with van der Waals surface area (Å²) < 4.78 is 5.88. The monoisotopic (exact) mass is 370 g/mol. The molecule has 27 heavy (non-hydrogen) atoms. The summed E-state index contributed by atoms with van der Waals surface area (Å²) >= 11 is 0. The Bertz CT molecular complexity index is 773. The van der Waals surface area contributed by atoms with E-state index in [-0.39, 0.29) is 11.9 Å². The Morgan fingerprint density at radius 2 is 1.96 bits per heavy atom. The molecule has 1 fully saturated rings. The van der Waals surface area contributed by atoms with Gasteiger partial charge in [0.25, 0.3) is 5.91 Å². The Labute approximate surface area is 160 Å². The predicted molar refractivity (Wildman–Crippen MR) is 104 cm³/mol. The van der Waals surface area contributed by atoms with Crippen molar-refractivity contribution in [3.05, 3.63) is 40.6 Å². The van der Waals surface area contributed by atoms with Gasteiger partial charge in [0.15, 0.2) is 5.76 Å². The summed E-state index contributed by atoms with van der Waals surface area (Å²) in [5, 5.41) is 10.6. The van der Waals surface area contributed by atoms with Crippen LogP contribution in [0, 0.1) is 0 Å². The molecule has 1 aliphatic heterocycles. The van der Waals surface area contributed by atoms with Crippen LogP contribution in [0.4, 0.5) is 0 Å². The Hall–Kier alpha value is -2.08. The van der Waals surface area contributed by atoms with Crippen molar-refractivity contribution in [3.63, 3.8) is 0 Å². The van der Waals surface area contributed by atoms with Gasteiger partial charge in [0.2, 0.25) is 0 Å². The number of fused-ring (bicyclic) bond motifs is 1. The highest BCUT2D eigenvalue weighted by Crippen LogP contribution is 2.26. The molecule has 6 nitrogen and oxygen atoms in total. The fourth-order valence-corrected chi connectivity index (χ4v) is 4.31. The average molecular weight is 370 g/mol. The number of H-pyrrole nitrogens is 1. The van der Waals surface area contributed by atoms with Crippen molar-refractivity contribution in [2.45, 2.75) is 70.9 Å². The molecule has 2 aromatic rings. The molecule has 1 aliphatic carbocycles. The Morgan fingerprint density at radius 3 is 2.81 bits per heavy atom. The highest BCUT2D eigenvalue weighted by molar-refractivity contribution is 5.91. The number of aryl methyl sites for hydroxylation is 1. The number of nitrogens with one attached hydrogen (secondary N) is 2.